The van der Waals surface area contributed by atoms with Gasteiger partial charge >= 0.3 is 0 Å². The van der Waals surface area contributed by atoms with Crippen molar-refractivity contribution in [2.45, 2.75) is 13.5 Å². The van der Waals surface area contributed by atoms with Crippen LogP contribution in [0.4, 0.5) is 0 Å². The van der Waals surface area contributed by atoms with Crippen molar-refractivity contribution < 1.29 is 0 Å². The van der Waals surface area contributed by atoms with Crippen LogP contribution in [0.2, 0.25) is 0 Å². The third-order valence-electron chi connectivity index (χ3n) is 3.30. The first-order chi connectivity index (χ1) is 10.2. The van der Waals surface area contributed by atoms with Gasteiger partial charge in [0.1, 0.15) is 5.01 Å². The minimum Gasteiger partial charge on any atom is -0.326 e. The molecular formula is C17H15BrN2S. The second-order valence-electron chi connectivity index (χ2n) is 4.84. The maximum atomic E-state index is 5.72. The zero-order valence-electron chi connectivity index (χ0n) is 11.6. The Balaban J connectivity index is 2.05. The molecule has 0 atom stereocenters. The highest BCUT2D eigenvalue weighted by Gasteiger charge is 2.11. The highest BCUT2D eigenvalue weighted by atomic mass is 79.9. The number of nitrogens with two attached hydrogens (primary N) is 1. The molecule has 0 unspecified atom stereocenters. The number of hydrogen-bond acceptors (Lipinski definition) is 3. The smallest absolute Gasteiger partial charge is 0.124 e. The average Bonchev–Trinajstić information content (AvgIpc) is 2.89. The summed E-state index contributed by atoms with van der Waals surface area (Å²) in [7, 11) is 0. The van der Waals surface area contributed by atoms with Gasteiger partial charge in [0.2, 0.25) is 0 Å². The van der Waals surface area contributed by atoms with Crippen LogP contribution in [0.25, 0.3) is 21.8 Å². The predicted molar refractivity (Wildman–Crippen MR) is 93.3 cm³/mol. The molecule has 0 spiro atoms. The highest BCUT2D eigenvalue weighted by molar-refractivity contribution is 9.10. The van der Waals surface area contributed by atoms with Crippen molar-refractivity contribution in [2.24, 2.45) is 5.73 Å². The summed E-state index contributed by atoms with van der Waals surface area (Å²) in [4.78, 5) is 6.05. The lowest BCUT2D eigenvalue weighted by atomic mass is 10.1. The fraction of sp³-hybridized carbons (Fsp3) is 0.118. The van der Waals surface area contributed by atoms with Gasteiger partial charge in [-0.25, -0.2) is 4.98 Å². The van der Waals surface area contributed by atoms with Gasteiger partial charge < -0.3 is 5.73 Å². The van der Waals surface area contributed by atoms with Crippen LogP contribution in [0.15, 0.2) is 53.0 Å². The Morgan fingerprint density at radius 1 is 1.10 bits per heavy atom. The van der Waals surface area contributed by atoms with Crippen LogP contribution in [0.5, 0.6) is 0 Å². The summed E-state index contributed by atoms with van der Waals surface area (Å²) in [5.74, 6) is 0. The van der Waals surface area contributed by atoms with E-state index < -0.39 is 0 Å². The number of thiazole rings is 1. The first-order valence-electron chi connectivity index (χ1n) is 6.70. The first-order valence-corrected chi connectivity index (χ1v) is 8.31. The van der Waals surface area contributed by atoms with Crippen LogP contribution < -0.4 is 5.73 Å². The number of rotatable bonds is 3. The van der Waals surface area contributed by atoms with Gasteiger partial charge in [-0.15, -0.1) is 11.3 Å². The van der Waals surface area contributed by atoms with E-state index in [0.29, 0.717) is 6.54 Å². The molecule has 0 amide bonds. The molecule has 106 valence electrons. The van der Waals surface area contributed by atoms with Gasteiger partial charge in [-0.2, -0.15) is 0 Å². The second kappa shape index (κ2) is 6.10. The number of aromatic nitrogens is 1. The molecule has 21 heavy (non-hydrogen) atoms. The van der Waals surface area contributed by atoms with E-state index in [1.165, 1.54) is 4.88 Å². The molecule has 0 fully saturated rings. The van der Waals surface area contributed by atoms with Crippen LogP contribution in [0.1, 0.15) is 10.4 Å². The zero-order valence-corrected chi connectivity index (χ0v) is 14.0. The van der Waals surface area contributed by atoms with Gasteiger partial charge in [-0.3, -0.25) is 0 Å². The van der Waals surface area contributed by atoms with Crippen molar-refractivity contribution >= 4 is 27.3 Å². The standard InChI is InChI=1S/C17H15BrN2S/c1-11-16(13-5-3-7-15(18)9-13)20-17(21-11)14-6-2-4-12(8-14)10-19/h2-9H,10,19H2,1H3. The second-order valence-corrected chi connectivity index (χ2v) is 6.96. The third kappa shape index (κ3) is 3.07. The van der Waals surface area contributed by atoms with Crippen LogP contribution in [0, 0.1) is 6.92 Å². The minimum atomic E-state index is 0.552. The number of halogens is 1. The Labute approximate surface area is 136 Å². The molecule has 0 aliphatic rings. The van der Waals surface area contributed by atoms with E-state index >= 15 is 0 Å². The molecule has 1 heterocycles. The number of benzene rings is 2. The topological polar surface area (TPSA) is 38.9 Å². The maximum absolute atomic E-state index is 5.72. The Bertz CT molecular complexity index is 780. The number of aryl methyl sites for hydroxylation is 1. The molecule has 0 radical (unpaired) electrons. The van der Waals surface area contributed by atoms with Crippen LogP contribution in [-0.4, -0.2) is 4.98 Å². The Hall–Kier alpha value is -1.49. The summed E-state index contributed by atoms with van der Waals surface area (Å²) in [6.07, 6.45) is 0. The van der Waals surface area contributed by atoms with E-state index in [-0.39, 0.29) is 0 Å². The summed E-state index contributed by atoms with van der Waals surface area (Å²) < 4.78 is 1.07. The number of nitrogens with zero attached hydrogens (tertiary/aromatic N) is 1. The van der Waals surface area contributed by atoms with Gasteiger partial charge in [0, 0.05) is 27.0 Å². The lowest BCUT2D eigenvalue weighted by Crippen LogP contribution is -1.95. The van der Waals surface area contributed by atoms with E-state index in [2.05, 4.69) is 47.1 Å². The predicted octanol–water partition coefficient (Wildman–Crippen LogP) is 5.01. The van der Waals surface area contributed by atoms with Gasteiger partial charge in [0.15, 0.2) is 0 Å². The zero-order chi connectivity index (χ0) is 14.8. The summed E-state index contributed by atoms with van der Waals surface area (Å²) in [5, 5.41) is 1.04. The van der Waals surface area contributed by atoms with Gasteiger partial charge in [0.25, 0.3) is 0 Å². The molecule has 3 rings (SSSR count). The molecule has 2 nitrogen and oxygen atoms in total. The van der Waals surface area contributed by atoms with Crippen molar-refractivity contribution in [2.75, 3.05) is 0 Å². The van der Waals surface area contributed by atoms with E-state index in [0.717, 1.165) is 31.9 Å². The molecule has 4 heteroatoms. The third-order valence-corrected chi connectivity index (χ3v) is 4.82. The van der Waals surface area contributed by atoms with Crippen molar-refractivity contribution in [3.63, 3.8) is 0 Å². The molecule has 0 aliphatic heterocycles. The molecule has 3 aromatic rings. The summed E-state index contributed by atoms with van der Waals surface area (Å²) in [5.41, 5.74) is 10.2. The average molecular weight is 359 g/mol. The Morgan fingerprint density at radius 3 is 2.62 bits per heavy atom. The first kappa shape index (κ1) is 14.4. The SMILES string of the molecule is Cc1sc(-c2cccc(CN)c2)nc1-c1cccc(Br)c1. The fourth-order valence-electron chi connectivity index (χ4n) is 2.25. The van der Waals surface area contributed by atoms with Crippen LogP contribution >= 0.6 is 27.3 Å². The molecular weight excluding hydrogens is 344 g/mol. The van der Waals surface area contributed by atoms with Gasteiger partial charge in [0.05, 0.1) is 5.69 Å². The summed E-state index contributed by atoms with van der Waals surface area (Å²) >= 11 is 5.24. The normalized spacial score (nSPS) is 10.8. The van der Waals surface area contributed by atoms with Crippen molar-refractivity contribution in [3.05, 3.63) is 63.4 Å². The molecule has 0 aliphatic carbocycles. The van der Waals surface area contributed by atoms with Crippen LogP contribution in [-0.2, 0) is 6.54 Å². The lowest BCUT2D eigenvalue weighted by Gasteiger charge is -2.00. The highest BCUT2D eigenvalue weighted by Crippen LogP contribution is 2.34. The quantitative estimate of drug-likeness (QED) is 0.714. The molecule has 2 N–H and O–H groups in total. The van der Waals surface area contributed by atoms with Crippen molar-refractivity contribution in [3.8, 4) is 21.8 Å². The summed E-state index contributed by atoms with van der Waals surface area (Å²) in [6.45, 7) is 2.67. The van der Waals surface area contributed by atoms with Gasteiger partial charge in [-0.1, -0.05) is 46.3 Å². The van der Waals surface area contributed by atoms with Crippen LogP contribution in [0.3, 0.4) is 0 Å². The van der Waals surface area contributed by atoms with E-state index in [1.807, 2.05) is 24.3 Å². The Morgan fingerprint density at radius 2 is 1.86 bits per heavy atom. The van der Waals surface area contributed by atoms with E-state index in [1.54, 1.807) is 11.3 Å². The summed E-state index contributed by atoms with van der Waals surface area (Å²) in [6, 6.07) is 16.5. The number of hydrogen-bond donors (Lipinski definition) is 1. The molecule has 1 aromatic heterocycles. The largest absolute Gasteiger partial charge is 0.326 e. The lowest BCUT2D eigenvalue weighted by molar-refractivity contribution is 1.07. The molecule has 0 saturated heterocycles. The maximum Gasteiger partial charge on any atom is 0.124 e. The van der Waals surface area contributed by atoms with E-state index in [9.17, 15) is 0 Å². The fourth-order valence-corrected chi connectivity index (χ4v) is 3.59. The van der Waals surface area contributed by atoms with Crippen molar-refractivity contribution in [1.82, 2.24) is 4.98 Å². The van der Waals surface area contributed by atoms with Crippen molar-refractivity contribution in [1.29, 1.82) is 0 Å². The van der Waals surface area contributed by atoms with E-state index in [4.69, 9.17) is 10.7 Å². The minimum absolute atomic E-state index is 0.552. The molecule has 0 saturated carbocycles. The van der Waals surface area contributed by atoms with Gasteiger partial charge in [-0.05, 0) is 30.7 Å². The molecule has 0 bridgehead atoms. The monoisotopic (exact) mass is 358 g/mol. The Kier molecular flexibility index (Phi) is 4.19. The molecule has 2 aromatic carbocycles.